The first-order valence-corrected chi connectivity index (χ1v) is 4.51. The molecule has 0 spiro atoms. The van der Waals surface area contributed by atoms with E-state index in [-0.39, 0.29) is 17.1 Å². The Hall–Kier alpha value is -2.35. The molecule has 4 N–H and O–H groups in total. The molecule has 0 aromatic heterocycles. The van der Waals surface area contributed by atoms with Gasteiger partial charge in [0.1, 0.15) is 29.0 Å². The molecule has 0 atom stereocenters. The Labute approximate surface area is 92.7 Å². The highest BCUT2D eigenvalue weighted by atomic mass is 19.1. The predicted molar refractivity (Wildman–Crippen MR) is 60.3 cm³/mol. The van der Waals surface area contributed by atoms with Crippen molar-refractivity contribution < 1.29 is 4.39 Å². The number of halogens is 1. The summed E-state index contributed by atoms with van der Waals surface area (Å²) in [6.45, 7) is 1.76. The van der Waals surface area contributed by atoms with Crippen molar-refractivity contribution in [1.29, 1.82) is 5.26 Å². The Balaban J connectivity index is 3.13. The fourth-order valence-corrected chi connectivity index (χ4v) is 1.07. The molecular formula is C11H11FN4. The van der Waals surface area contributed by atoms with Crippen molar-refractivity contribution in [3.8, 4) is 6.07 Å². The molecule has 1 aromatic rings. The summed E-state index contributed by atoms with van der Waals surface area (Å²) in [7, 11) is 0. The molecule has 4 nitrogen and oxygen atoms in total. The largest absolute Gasteiger partial charge is 0.403 e. The van der Waals surface area contributed by atoms with Crippen LogP contribution in [0.5, 0.6) is 0 Å². The maximum absolute atomic E-state index is 13.4. The number of nitriles is 1. The quantitative estimate of drug-likeness (QED) is 0.447. The van der Waals surface area contributed by atoms with Gasteiger partial charge in [0, 0.05) is 6.20 Å². The van der Waals surface area contributed by atoms with E-state index >= 15 is 0 Å². The van der Waals surface area contributed by atoms with Gasteiger partial charge in [0.05, 0.1) is 0 Å². The van der Waals surface area contributed by atoms with Crippen molar-refractivity contribution >= 4 is 11.5 Å². The van der Waals surface area contributed by atoms with Crippen LogP contribution in [0.1, 0.15) is 5.56 Å². The molecule has 0 aliphatic heterocycles. The fraction of sp³-hybridized carbons (Fsp3) is 0.0909. The molecule has 0 saturated heterocycles. The third kappa shape index (κ3) is 2.58. The van der Waals surface area contributed by atoms with Crippen LogP contribution in [0.15, 0.2) is 35.0 Å². The Morgan fingerprint density at radius 3 is 2.75 bits per heavy atom. The summed E-state index contributed by atoms with van der Waals surface area (Å²) < 4.78 is 13.4. The van der Waals surface area contributed by atoms with Crippen molar-refractivity contribution in [3.05, 3.63) is 41.4 Å². The number of nitrogens with zero attached hydrogens (tertiary/aromatic N) is 2. The highest BCUT2D eigenvalue weighted by Crippen LogP contribution is 2.19. The van der Waals surface area contributed by atoms with Crippen molar-refractivity contribution in [3.63, 3.8) is 0 Å². The molecule has 0 radical (unpaired) electrons. The Kier molecular flexibility index (Phi) is 3.62. The second-order valence-corrected chi connectivity index (χ2v) is 3.14. The van der Waals surface area contributed by atoms with Crippen molar-refractivity contribution in [2.45, 2.75) is 6.92 Å². The molecule has 0 fully saturated rings. The van der Waals surface area contributed by atoms with E-state index in [0.29, 0.717) is 0 Å². The van der Waals surface area contributed by atoms with Crippen LogP contribution in [-0.2, 0) is 0 Å². The average Bonchev–Trinajstić information content (AvgIpc) is 2.24. The van der Waals surface area contributed by atoms with Crippen LogP contribution in [0.2, 0.25) is 0 Å². The van der Waals surface area contributed by atoms with Crippen LogP contribution in [0, 0.1) is 24.1 Å². The zero-order chi connectivity index (χ0) is 12.1. The lowest BCUT2D eigenvalue weighted by Gasteiger charge is -2.00. The minimum Gasteiger partial charge on any atom is -0.403 e. The van der Waals surface area contributed by atoms with Crippen LogP contribution in [-0.4, -0.2) is 5.84 Å². The fourth-order valence-electron chi connectivity index (χ4n) is 1.07. The molecule has 1 rings (SSSR count). The molecular weight excluding hydrogens is 207 g/mol. The van der Waals surface area contributed by atoms with Crippen molar-refractivity contribution in [2.24, 2.45) is 16.5 Å². The molecule has 16 heavy (non-hydrogen) atoms. The molecule has 0 amide bonds. The van der Waals surface area contributed by atoms with Gasteiger partial charge in [-0.15, -0.1) is 0 Å². The monoisotopic (exact) mass is 218 g/mol. The maximum Gasteiger partial charge on any atom is 0.149 e. The zero-order valence-electron chi connectivity index (χ0n) is 8.74. The van der Waals surface area contributed by atoms with Gasteiger partial charge >= 0.3 is 0 Å². The summed E-state index contributed by atoms with van der Waals surface area (Å²) in [6.07, 6.45) is 1.03. The summed E-state index contributed by atoms with van der Waals surface area (Å²) in [4.78, 5) is 3.79. The third-order valence-corrected chi connectivity index (χ3v) is 1.91. The van der Waals surface area contributed by atoms with E-state index in [9.17, 15) is 4.39 Å². The molecule has 0 heterocycles. The minimum absolute atomic E-state index is 0.0139. The van der Waals surface area contributed by atoms with Crippen molar-refractivity contribution in [1.82, 2.24) is 0 Å². The van der Waals surface area contributed by atoms with E-state index in [4.69, 9.17) is 16.7 Å². The van der Waals surface area contributed by atoms with Gasteiger partial charge in [-0.25, -0.2) is 9.38 Å². The molecule has 0 aliphatic carbocycles. The molecule has 0 unspecified atom stereocenters. The van der Waals surface area contributed by atoms with E-state index in [1.165, 1.54) is 12.1 Å². The SMILES string of the molecule is Cc1ccc(N=C(N)C(C#N)=CN)c(F)c1. The molecule has 82 valence electrons. The number of rotatable bonds is 2. The molecule has 0 saturated carbocycles. The van der Waals surface area contributed by atoms with E-state index in [0.717, 1.165) is 11.8 Å². The van der Waals surface area contributed by atoms with Gasteiger partial charge in [0.15, 0.2) is 0 Å². The molecule has 5 heteroatoms. The van der Waals surface area contributed by atoms with E-state index < -0.39 is 5.82 Å². The van der Waals surface area contributed by atoms with Crippen molar-refractivity contribution in [2.75, 3.05) is 0 Å². The highest BCUT2D eigenvalue weighted by molar-refractivity contribution is 6.01. The second-order valence-electron chi connectivity index (χ2n) is 3.14. The zero-order valence-corrected chi connectivity index (χ0v) is 8.74. The Bertz CT molecular complexity index is 497. The number of aryl methyl sites for hydroxylation is 1. The van der Waals surface area contributed by atoms with Gasteiger partial charge in [-0.05, 0) is 24.6 Å². The number of hydrogen-bond acceptors (Lipinski definition) is 3. The topological polar surface area (TPSA) is 88.2 Å². The first kappa shape index (κ1) is 11.7. The molecule has 1 aromatic carbocycles. The Morgan fingerprint density at radius 2 is 2.25 bits per heavy atom. The van der Waals surface area contributed by atoms with Gasteiger partial charge in [-0.3, -0.25) is 0 Å². The van der Waals surface area contributed by atoms with Gasteiger partial charge < -0.3 is 11.5 Å². The molecule has 0 bridgehead atoms. The number of hydrogen-bond donors (Lipinski definition) is 2. The first-order chi connectivity index (χ1) is 7.58. The third-order valence-electron chi connectivity index (χ3n) is 1.91. The van der Waals surface area contributed by atoms with E-state index in [1.54, 1.807) is 19.1 Å². The summed E-state index contributed by atoms with van der Waals surface area (Å²) in [5, 5.41) is 8.64. The van der Waals surface area contributed by atoms with Crippen LogP contribution >= 0.6 is 0 Å². The Morgan fingerprint density at radius 1 is 1.56 bits per heavy atom. The molecule has 0 aliphatic rings. The number of amidine groups is 1. The van der Waals surface area contributed by atoms with Gasteiger partial charge in [0.25, 0.3) is 0 Å². The maximum atomic E-state index is 13.4. The lowest BCUT2D eigenvalue weighted by molar-refractivity contribution is 0.628. The normalized spacial score (nSPS) is 12.3. The van der Waals surface area contributed by atoms with Gasteiger partial charge in [0.2, 0.25) is 0 Å². The lowest BCUT2D eigenvalue weighted by atomic mass is 10.2. The summed E-state index contributed by atoms with van der Waals surface area (Å²) in [5.74, 6) is -0.593. The number of nitrogens with two attached hydrogens (primary N) is 2. The standard InChI is InChI=1S/C11H11FN4/c1-7-2-3-10(9(12)4-7)16-11(15)8(5-13)6-14/h2-5H,13H2,1H3,(H2,15,16). The average molecular weight is 218 g/mol. The number of aliphatic imine (C=N–C) groups is 1. The van der Waals surface area contributed by atoms with Gasteiger partial charge in [-0.1, -0.05) is 6.07 Å². The first-order valence-electron chi connectivity index (χ1n) is 4.51. The summed E-state index contributed by atoms with van der Waals surface area (Å²) in [5.41, 5.74) is 11.5. The predicted octanol–water partition coefficient (Wildman–Crippen LogP) is 1.49. The number of benzene rings is 1. The van der Waals surface area contributed by atoms with Crippen LogP contribution in [0.4, 0.5) is 10.1 Å². The smallest absolute Gasteiger partial charge is 0.149 e. The van der Waals surface area contributed by atoms with E-state index in [2.05, 4.69) is 4.99 Å². The van der Waals surface area contributed by atoms with Crippen LogP contribution in [0.25, 0.3) is 0 Å². The van der Waals surface area contributed by atoms with E-state index in [1.807, 2.05) is 0 Å². The minimum atomic E-state index is -0.489. The second kappa shape index (κ2) is 4.94. The lowest BCUT2D eigenvalue weighted by Crippen LogP contribution is -2.14. The van der Waals surface area contributed by atoms with Gasteiger partial charge in [-0.2, -0.15) is 5.26 Å². The highest BCUT2D eigenvalue weighted by Gasteiger charge is 2.04. The van der Waals surface area contributed by atoms with Crippen LogP contribution in [0.3, 0.4) is 0 Å². The summed E-state index contributed by atoms with van der Waals surface area (Å²) >= 11 is 0. The summed E-state index contributed by atoms with van der Waals surface area (Å²) in [6, 6.07) is 6.29. The van der Waals surface area contributed by atoms with Crippen LogP contribution < -0.4 is 11.5 Å².